The highest BCUT2D eigenvalue weighted by atomic mass is 16.5. The van der Waals surface area contributed by atoms with Gasteiger partial charge in [0.2, 0.25) is 0 Å². The molecule has 0 atom stereocenters. The largest absolute Gasteiger partial charge is 0.381 e. The fourth-order valence-electron chi connectivity index (χ4n) is 1.21. The van der Waals surface area contributed by atoms with E-state index < -0.39 is 0 Å². The van der Waals surface area contributed by atoms with E-state index in [1.54, 1.807) is 0 Å². The average Bonchev–Trinajstić information content (AvgIpc) is 2.92. The highest BCUT2D eigenvalue weighted by Crippen LogP contribution is 2.28. The second-order valence-corrected chi connectivity index (χ2v) is 4.36. The maximum Gasteiger partial charge on any atom is 0.0494 e. The van der Waals surface area contributed by atoms with Crippen LogP contribution in [0.1, 0.15) is 33.1 Å². The van der Waals surface area contributed by atoms with Gasteiger partial charge in [0.25, 0.3) is 0 Å². The molecule has 1 saturated carbocycles. The summed E-state index contributed by atoms with van der Waals surface area (Å²) in [6, 6.07) is 0. The molecule has 1 fully saturated rings. The standard InChI is InChI=1S/C12H23NO/c1-11(2)6-8-13-7-3-9-14-10-12-4-5-12/h6,12-13H,3-5,7-10H2,1-2H3. The minimum atomic E-state index is 0.897. The Bertz CT molecular complexity index is 169. The number of hydrogen-bond acceptors (Lipinski definition) is 2. The van der Waals surface area contributed by atoms with E-state index in [-0.39, 0.29) is 0 Å². The van der Waals surface area contributed by atoms with Crippen LogP contribution in [0.4, 0.5) is 0 Å². The van der Waals surface area contributed by atoms with Crippen LogP contribution in [-0.4, -0.2) is 26.3 Å². The van der Waals surface area contributed by atoms with Gasteiger partial charge in [-0.1, -0.05) is 11.6 Å². The summed E-state index contributed by atoms with van der Waals surface area (Å²) in [4.78, 5) is 0. The van der Waals surface area contributed by atoms with Crippen molar-refractivity contribution >= 4 is 0 Å². The second kappa shape index (κ2) is 7.02. The summed E-state index contributed by atoms with van der Waals surface area (Å²) in [5.41, 5.74) is 1.38. The van der Waals surface area contributed by atoms with Gasteiger partial charge < -0.3 is 10.1 Å². The third kappa shape index (κ3) is 7.10. The summed E-state index contributed by atoms with van der Waals surface area (Å²) in [5.74, 6) is 0.897. The predicted octanol–water partition coefficient (Wildman–Crippen LogP) is 2.36. The molecule has 0 radical (unpaired) electrons. The minimum Gasteiger partial charge on any atom is -0.381 e. The van der Waals surface area contributed by atoms with Gasteiger partial charge in [0.1, 0.15) is 0 Å². The first-order valence-electron chi connectivity index (χ1n) is 5.71. The zero-order valence-electron chi connectivity index (χ0n) is 9.51. The van der Waals surface area contributed by atoms with Crippen LogP contribution in [0.3, 0.4) is 0 Å². The molecule has 14 heavy (non-hydrogen) atoms. The van der Waals surface area contributed by atoms with Crippen molar-refractivity contribution in [3.63, 3.8) is 0 Å². The van der Waals surface area contributed by atoms with Crippen LogP contribution in [0.2, 0.25) is 0 Å². The number of nitrogens with one attached hydrogen (secondary N) is 1. The summed E-state index contributed by atoms with van der Waals surface area (Å²) in [5, 5.41) is 3.36. The predicted molar refractivity (Wildman–Crippen MR) is 60.5 cm³/mol. The Morgan fingerprint density at radius 2 is 2.21 bits per heavy atom. The SMILES string of the molecule is CC(C)=CCNCCCOCC1CC1. The maximum atomic E-state index is 5.53. The first-order chi connectivity index (χ1) is 6.79. The van der Waals surface area contributed by atoms with Gasteiger partial charge in [0.15, 0.2) is 0 Å². The van der Waals surface area contributed by atoms with Crippen LogP contribution < -0.4 is 5.32 Å². The lowest BCUT2D eigenvalue weighted by atomic mass is 10.3. The highest BCUT2D eigenvalue weighted by Gasteiger charge is 2.20. The molecule has 82 valence electrons. The molecule has 2 nitrogen and oxygen atoms in total. The van der Waals surface area contributed by atoms with Crippen LogP contribution in [0, 0.1) is 5.92 Å². The molecule has 0 aromatic carbocycles. The quantitative estimate of drug-likeness (QED) is 0.476. The zero-order valence-corrected chi connectivity index (χ0v) is 9.51. The zero-order chi connectivity index (χ0) is 10.2. The lowest BCUT2D eigenvalue weighted by Gasteiger charge is -2.03. The van der Waals surface area contributed by atoms with Crippen LogP contribution in [0.15, 0.2) is 11.6 Å². The van der Waals surface area contributed by atoms with Crippen molar-refractivity contribution < 1.29 is 4.74 Å². The summed E-state index contributed by atoms with van der Waals surface area (Å²) >= 11 is 0. The van der Waals surface area contributed by atoms with Crippen molar-refractivity contribution in [1.82, 2.24) is 5.32 Å². The lowest BCUT2D eigenvalue weighted by Crippen LogP contribution is -2.17. The smallest absolute Gasteiger partial charge is 0.0494 e. The van der Waals surface area contributed by atoms with E-state index in [0.717, 1.165) is 38.6 Å². The van der Waals surface area contributed by atoms with Crippen LogP contribution in [0.5, 0.6) is 0 Å². The first kappa shape index (κ1) is 11.7. The monoisotopic (exact) mass is 197 g/mol. The first-order valence-corrected chi connectivity index (χ1v) is 5.71. The molecule has 1 aliphatic carbocycles. The third-order valence-electron chi connectivity index (χ3n) is 2.35. The Hall–Kier alpha value is -0.340. The molecule has 0 heterocycles. The van der Waals surface area contributed by atoms with Crippen molar-refractivity contribution in [2.24, 2.45) is 5.92 Å². The minimum absolute atomic E-state index is 0.897. The third-order valence-corrected chi connectivity index (χ3v) is 2.35. The fourth-order valence-corrected chi connectivity index (χ4v) is 1.21. The van der Waals surface area contributed by atoms with Gasteiger partial charge in [-0.3, -0.25) is 0 Å². The van der Waals surface area contributed by atoms with E-state index in [9.17, 15) is 0 Å². The van der Waals surface area contributed by atoms with Gasteiger partial charge in [-0.2, -0.15) is 0 Å². The summed E-state index contributed by atoms with van der Waals surface area (Å²) < 4.78 is 5.53. The second-order valence-electron chi connectivity index (χ2n) is 4.36. The molecule has 0 unspecified atom stereocenters. The summed E-state index contributed by atoms with van der Waals surface area (Å²) in [6.45, 7) is 8.21. The van der Waals surface area contributed by atoms with Gasteiger partial charge in [0, 0.05) is 19.8 Å². The molecule has 0 bridgehead atoms. The molecule has 0 aromatic rings. The molecule has 0 spiro atoms. The van der Waals surface area contributed by atoms with E-state index in [1.165, 1.54) is 18.4 Å². The van der Waals surface area contributed by atoms with E-state index in [4.69, 9.17) is 4.74 Å². The number of allylic oxidation sites excluding steroid dienone is 1. The summed E-state index contributed by atoms with van der Waals surface area (Å²) in [7, 11) is 0. The Labute approximate surface area is 87.7 Å². The molecule has 1 N–H and O–H groups in total. The molecule has 0 aromatic heterocycles. The van der Waals surface area contributed by atoms with Crippen LogP contribution >= 0.6 is 0 Å². The van der Waals surface area contributed by atoms with E-state index in [1.807, 2.05) is 0 Å². The Morgan fingerprint density at radius 3 is 2.86 bits per heavy atom. The van der Waals surface area contributed by atoms with Gasteiger partial charge in [-0.25, -0.2) is 0 Å². The molecule has 0 saturated heterocycles. The molecule has 0 amide bonds. The average molecular weight is 197 g/mol. The Balaban J connectivity index is 1.72. The van der Waals surface area contributed by atoms with Gasteiger partial charge in [-0.15, -0.1) is 0 Å². The topological polar surface area (TPSA) is 21.3 Å². The summed E-state index contributed by atoms with van der Waals surface area (Å²) in [6.07, 6.45) is 6.12. The molecular weight excluding hydrogens is 174 g/mol. The molecular formula is C12H23NO. The van der Waals surface area contributed by atoms with Crippen molar-refractivity contribution in [1.29, 1.82) is 0 Å². The number of ether oxygens (including phenoxy) is 1. The number of hydrogen-bond donors (Lipinski definition) is 1. The van der Waals surface area contributed by atoms with Crippen molar-refractivity contribution in [2.45, 2.75) is 33.1 Å². The Kier molecular flexibility index (Phi) is 5.88. The lowest BCUT2D eigenvalue weighted by molar-refractivity contribution is 0.122. The van der Waals surface area contributed by atoms with E-state index >= 15 is 0 Å². The molecule has 1 aliphatic rings. The van der Waals surface area contributed by atoms with Crippen molar-refractivity contribution in [3.8, 4) is 0 Å². The van der Waals surface area contributed by atoms with E-state index in [2.05, 4.69) is 25.2 Å². The molecule has 2 heteroatoms. The van der Waals surface area contributed by atoms with E-state index in [0.29, 0.717) is 0 Å². The number of rotatable bonds is 8. The van der Waals surface area contributed by atoms with Crippen LogP contribution in [-0.2, 0) is 4.74 Å². The van der Waals surface area contributed by atoms with Crippen LogP contribution in [0.25, 0.3) is 0 Å². The molecule has 1 rings (SSSR count). The van der Waals surface area contributed by atoms with Gasteiger partial charge in [-0.05, 0) is 45.6 Å². The maximum absolute atomic E-state index is 5.53. The highest BCUT2D eigenvalue weighted by molar-refractivity contribution is 4.94. The van der Waals surface area contributed by atoms with Gasteiger partial charge >= 0.3 is 0 Å². The van der Waals surface area contributed by atoms with Crippen molar-refractivity contribution in [3.05, 3.63) is 11.6 Å². The molecule has 0 aliphatic heterocycles. The van der Waals surface area contributed by atoms with Crippen molar-refractivity contribution in [2.75, 3.05) is 26.3 Å². The fraction of sp³-hybridized carbons (Fsp3) is 0.833. The van der Waals surface area contributed by atoms with Gasteiger partial charge in [0.05, 0.1) is 0 Å². The normalized spacial score (nSPS) is 15.6. The Morgan fingerprint density at radius 1 is 1.43 bits per heavy atom.